The van der Waals surface area contributed by atoms with Gasteiger partial charge in [-0.25, -0.2) is 4.39 Å². The van der Waals surface area contributed by atoms with Crippen LogP contribution in [0.5, 0.6) is 0 Å². The van der Waals surface area contributed by atoms with Crippen molar-refractivity contribution in [3.8, 4) is 0 Å². The fourth-order valence-electron chi connectivity index (χ4n) is 4.64. The number of ketones is 1. The summed E-state index contributed by atoms with van der Waals surface area (Å²) < 4.78 is 15.2. The highest BCUT2D eigenvalue weighted by Crippen LogP contribution is 2.29. The lowest BCUT2D eigenvalue weighted by Gasteiger charge is -2.36. The molecular weight excluding hydrogens is 425 g/mol. The van der Waals surface area contributed by atoms with Gasteiger partial charge in [-0.15, -0.1) is 0 Å². The van der Waals surface area contributed by atoms with Gasteiger partial charge in [0.25, 0.3) is 17.6 Å². The van der Waals surface area contributed by atoms with Crippen molar-refractivity contribution in [3.63, 3.8) is 0 Å². The van der Waals surface area contributed by atoms with Gasteiger partial charge in [0.05, 0.1) is 17.4 Å². The molecule has 178 valence electrons. The number of aliphatic hydroxyl groups is 1. The van der Waals surface area contributed by atoms with Crippen LogP contribution < -0.4 is 10.6 Å². The highest BCUT2D eigenvalue weighted by molar-refractivity contribution is 6.43. The molecule has 0 bridgehead atoms. The monoisotopic (exact) mass is 457 g/mol. The predicted octanol–water partition coefficient (Wildman–Crippen LogP) is 3.82. The van der Waals surface area contributed by atoms with E-state index >= 15 is 0 Å². The average molecular weight is 458 g/mol. The average Bonchev–Trinajstić information content (AvgIpc) is 3.01. The molecule has 1 aliphatic carbocycles. The number of nitrogens with zero attached hydrogens (tertiary/aromatic N) is 1. The van der Waals surface area contributed by atoms with Crippen LogP contribution in [0.1, 0.15) is 77.2 Å². The number of amides is 2. The van der Waals surface area contributed by atoms with E-state index in [1.54, 1.807) is 25.3 Å². The Hall–Kier alpha value is -3.00. The molecule has 2 aromatic rings. The van der Waals surface area contributed by atoms with Crippen LogP contribution >= 0.6 is 0 Å². The molecule has 1 aromatic carbocycles. The Morgan fingerprint density at radius 1 is 1.18 bits per heavy atom. The molecule has 0 spiro atoms. The number of aromatic nitrogens is 1. The van der Waals surface area contributed by atoms with Gasteiger partial charge < -0.3 is 20.3 Å². The van der Waals surface area contributed by atoms with Gasteiger partial charge >= 0.3 is 0 Å². The second-order valence-electron chi connectivity index (χ2n) is 9.17. The number of hydrogen-bond acceptors (Lipinski definition) is 4. The Labute approximate surface area is 193 Å². The number of halogens is 1. The van der Waals surface area contributed by atoms with E-state index in [2.05, 4.69) is 10.6 Å². The third-order valence-electron chi connectivity index (χ3n) is 6.62. The van der Waals surface area contributed by atoms with Gasteiger partial charge in [0.2, 0.25) is 0 Å². The minimum atomic E-state index is -0.717. The first-order chi connectivity index (χ1) is 15.5. The number of aryl methyl sites for hydroxylation is 1. The summed E-state index contributed by atoms with van der Waals surface area (Å²) in [5.41, 5.74) is 1.81. The normalized spacial score (nSPS) is 20.4. The highest BCUT2D eigenvalue weighted by atomic mass is 19.1. The van der Waals surface area contributed by atoms with E-state index in [9.17, 15) is 23.9 Å². The van der Waals surface area contributed by atoms with Gasteiger partial charge in [0.1, 0.15) is 5.82 Å². The molecule has 3 rings (SSSR count). The van der Waals surface area contributed by atoms with Crippen LogP contribution in [0.25, 0.3) is 0 Å². The maximum absolute atomic E-state index is 13.6. The van der Waals surface area contributed by atoms with Crippen LogP contribution in [-0.4, -0.2) is 38.9 Å². The molecule has 1 aliphatic rings. The van der Waals surface area contributed by atoms with Gasteiger partial charge in [-0.1, -0.05) is 0 Å². The maximum Gasteiger partial charge on any atom is 0.294 e. The van der Waals surface area contributed by atoms with E-state index in [4.69, 9.17) is 0 Å². The number of anilines is 1. The summed E-state index contributed by atoms with van der Waals surface area (Å²) in [7, 11) is 0. The second kappa shape index (κ2) is 9.47. The van der Waals surface area contributed by atoms with Crippen LogP contribution in [-0.2, 0) is 11.3 Å². The van der Waals surface area contributed by atoms with Crippen LogP contribution in [0.15, 0.2) is 18.2 Å². The summed E-state index contributed by atoms with van der Waals surface area (Å²) in [5.74, 6) is -2.20. The number of Topliss-reactive ketones (excluding diaryl/α,β-unsaturated/α-hetero) is 1. The van der Waals surface area contributed by atoms with E-state index in [1.165, 1.54) is 18.2 Å². The molecule has 0 unspecified atom stereocenters. The van der Waals surface area contributed by atoms with Crippen LogP contribution in [0.2, 0.25) is 0 Å². The molecule has 0 atom stereocenters. The lowest BCUT2D eigenvalue weighted by atomic mass is 9.82. The van der Waals surface area contributed by atoms with Gasteiger partial charge in [0.15, 0.2) is 0 Å². The maximum atomic E-state index is 13.6. The zero-order chi connectivity index (χ0) is 24.5. The topological polar surface area (TPSA) is 100 Å². The third-order valence-corrected chi connectivity index (χ3v) is 6.62. The van der Waals surface area contributed by atoms with Crippen LogP contribution in [0.3, 0.4) is 0 Å². The lowest BCUT2D eigenvalue weighted by Crippen LogP contribution is -2.51. The third kappa shape index (κ3) is 5.00. The molecule has 7 nitrogen and oxygen atoms in total. The predicted molar refractivity (Wildman–Crippen MR) is 124 cm³/mol. The van der Waals surface area contributed by atoms with Crippen molar-refractivity contribution in [2.75, 3.05) is 5.32 Å². The Morgan fingerprint density at radius 3 is 2.39 bits per heavy atom. The minimum Gasteiger partial charge on any atom is -0.393 e. The van der Waals surface area contributed by atoms with Crippen molar-refractivity contribution in [1.82, 2.24) is 9.88 Å². The number of carbonyl (C=O) groups is 3. The summed E-state index contributed by atoms with van der Waals surface area (Å²) in [6.45, 7) is 9.13. The van der Waals surface area contributed by atoms with Gasteiger partial charge in [0, 0.05) is 23.5 Å². The largest absolute Gasteiger partial charge is 0.393 e. The molecule has 33 heavy (non-hydrogen) atoms. The molecular formula is C25H32FN3O4. The zero-order valence-corrected chi connectivity index (χ0v) is 19.8. The highest BCUT2D eigenvalue weighted by Gasteiger charge is 2.35. The number of hydrogen-bond donors (Lipinski definition) is 3. The molecule has 2 amide bonds. The number of aliphatic hydroxyl groups excluding tert-OH is 1. The van der Waals surface area contributed by atoms with E-state index in [0.717, 1.165) is 0 Å². The first kappa shape index (κ1) is 24.6. The smallest absolute Gasteiger partial charge is 0.294 e. The molecule has 8 heteroatoms. The Kier molecular flexibility index (Phi) is 7.07. The summed E-state index contributed by atoms with van der Waals surface area (Å²) >= 11 is 0. The second-order valence-corrected chi connectivity index (χ2v) is 9.17. The Balaban J connectivity index is 1.87. The van der Waals surface area contributed by atoms with E-state index < -0.39 is 23.1 Å². The molecule has 1 saturated carbocycles. The van der Waals surface area contributed by atoms with Crippen molar-refractivity contribution >= 4 is 23.3 Å². The van der Waals surface area contributed by atoms with Crippen molar-refractivity contribution in [2.45, 2.75) is 78.5 Å². The number of nitrogens with one attached hydrogen (secondary N) is 2. The first-order valence-corrected chi connectivity index (χ1v) is 11.3. The summed E-state index contributed by atoms with van der Waals surface area (Å²) in [5, 5.41) is 15.4. The minimum absolute atomic E-state index is 0.187. The standard InChI is InChI=1S/C25H32FN3O4/c1-6-29-16(4)20(23(32)27-17-7-8-19(26)14(2)13-17)15(3)21(29)22(31)24(33)28-25(5)11-9-18(30)10-12-25/h7-8,13,18,30H,6,9-12H2,1-5H3,(H,27,32)(H,28,33). The fraction of sp³-hybridized carbons (Fsp3) is 0.480. The number of benzene rings is 1. The molecule has 3 N–H and O–H groups in total. The van der Waals surface area contributed by atoms with Crippen molar-refractivity contribution < 1.29 is 23.9 Å². The van der Waals surface area contributed by atoms with Crippen molar-refractivity contribution in [3.05, 3.63) is 52.1 Å². The van der Waals surface area contributed by atoms with Gasteiger partial charge in [-0.3, -0.25) is 14.4 Å². The quantitative estimate of drug-likeness (QED) is 0.454. The summed E-state index contributed by atoms with van der Waals surface area (Å²) in [6, 6.07) is 4.30. The number of rotatable bonds is 6. The fourth-order valence-corrected chi connectivity index (χ4v) is 4.64. The molecule has 0 radical (unpaired) electrons. The lowest BCUT2D eigenvalue weighted by molar-refractivity contribution is -0.119. The Bertz CT molecular complexity index is 1100. The van der Waals surface area contributed by atoms with E-state index in [1.807, 2.05) is 13.8 Å². The SMILES string of the molecule is CCn1c(C)c(C(=O)Nc2ccc(F)c(C)c2)c(C)c1C(=O)C(=O)NC1(C)CCC(O)CC1. The number of carbonyl (C=O) groups excluding carboxylic acids is 3. The molecule has 0 aliphatic heterocycles. The molecule has 1 fully saturated rings. The van der Waals surface area contributed by atoms with Crippen molar-refractivity contribution in [1.29, 1.82) is 0 Å². The molecule has 1 aromatic heterocycles. The van der Waals surface area contributed by atoms with Crippen molar-refractivity contribution in [2.24, 2.45) is 0 Å². The van der Waals surface area contributed by atoms with Crippen LogP contribution in [0, 0.1) is 26.6 Å². The summed E-state index contributed by atoms with van der Waals surface area (Å²) in [6.07, 6.45) is 1.94. The molecule has 0 saturated heterocycles. The Morgan fingerprint density at radius 2 is 1.82 bits per heavy atom. The van der Waals surface area contributed by atoms with Gasteiger partial charge in [-0.2, -0.15) is 0 Å². The molecule has 1 heterocycles. The van der Waals surface area contributed by atoms with E-state index in [0.29, 0.717) is 60.3 Å². The van der Waals surface area contributed by atoms with Gasteiger partial charge in [-0.05, 0) is 89.6 Å². The van der Waals surface area contributed by atoms with E-state index in [-0.39, 0.29) is 17.6 Å². The zero-order valence-electron chi connectivity index (χ0n) is 19.8. The first-order valence-electron chi connectivity index (χ1n) is 11.3. The summed E-state index contributed by atoms with van der Waals surface area (Å²) in [4.78, 5) is 39.2. The van der Waals surface area contributed by atoms with Crippen LogP contribution in [0.4, 0.5) is 10.1 Å².